The molecule has 12 heavy (non-hydrogen) atoms. The van der Waals surface area contributed by atoms with Gasteiger partial charge < -0.3 is 16.6 Å². The molecule has 0 bridgehead atoms. The minimum Gasteiger partial charge on any atom is -0.480 e. The SMILES string of the molecule is CSCC[C@H](N)C(=O)O.NC=O. The maximum Gasteiger partial charge on any atom is 0.320 e. The Kier molecular flexibility index (Phi) is 11.8. The van der Waals surface area contributed by atoms with Gasteiger partial charge in [0.2, 0.25) is 6.41 Å². The average Bonchev–Trinajstić information content (AvgIpc) is 2.01. The number of rotatable bonds is 4. The van der Waals surface area contributed by atoms with E-state index in [0.717, 1.165) is 5.75 Å². The zero-order chi connectivity index (χ0) is 9.98. The molecule has 0 spiro atoms. The van der Waals surface area contributed by atoms with Crippen molar-refractivity contribution in [1.82, 2.24) is 0 Å². The van der Waals surface area contributed by atoms with Crippen molar-refractivity contribution in [3.05, 3.63) is 0 Å². The van der Waals surface area contributed by atoms with Crippen LogP contribution in [0.25, 0.3) is 0 Å². The minimum atomic E-state index is -0.913. The largest absolute Gasteiger partial charge is 0.480 e. The van der Waals surface area contributed by atoms with E-state index in [9.17, 15) is 4.79 Å². The summed E-state index contributed by atoms with van der Waals surface area (Å²) in [6, 6.07) is -0.683. The van der Waals surface area contributed by atoms with E-state index in [0.29, 0.717) is 6.42 Å². The van der Waals surface area contributed by atoms with Crippen molar-refractivity contribution in [3.63, 3.8) is 0 Å². The Balaban J connectivity index is 0. The number of carboxylic acid groups (broad SMARTS) is 1. The van der Waals surface area contributed by atoms with Crippen molar-refractivity contribution in [1.29, 1.82) is 0 Å². The summed E-state index contributed by atoms with van der Waals surface area (Å²) in [4.78, 5) is 18.7. The van der Waals surface area contributed by atoms with Crippen LogP contribution in [0.1, 0.15) is 6.42 Å². The Hall–Kier alpha value is -0.750. The monoisotopic (exact) mass is 194 g/mol. The lowest BCUT2D eigenvalue weighted by Gasteiger charge is -2.02. The molecule has 0 rings (SSSR count). The first kappa shape index (κ1) is 13.8. The van der Waals surface area contributed by atoms with Gasteiger partial charge in [-0.3, -0.25) is 9.59 Å². The fraction of sp³-hybridized carbons (Fsp3) is 0.667. The first-order valence-corrected chi connectivity index (χ1v) is 4.62. The molecule has 0 fully saturated rings. The summed E-state index contributed by atoms with van der Waals surface area (Å²) in [7, 11) is 0. The van der Waals surface area contributed by atoms with Crippen LogP contribution in [-0.2, 0) is 9.59 Å². The summed E-state index contributed by atoms with van der Waals surface area (Å²) in [6.45, 7) is 0. The van der Waals surface area contributed by atoms with Crippen LogP contribution in [0.2, 0.25) is 0 Å². The van der Waals surface area contributed by atoms with Gasteiger partial charge in [-0.15, -0.1) is 0 Å². The van der Waals surface area contributed by atoms with Crippen molar-refractivity contribution < 1.29 is 14.7 Å². The van der Waals surface area contributed by atoms with Gasteiger partial charge in [0.25, 0.3) is 0 Å². The number of aliphatic carboxylic acids is 1. The molecular weight excluding hydrogens is 180 g/mol. The molecule has 0 unspecified atom stereocenters. The second kappa shape index (κ2) is 10.2. The highest BCUT2D eigenvalue weighted by molar-refractivity contribution is 7.98. The first-order valence-electron chi connectivity index (χ1n) is 3.22. The molecule has 0 aromatic heterocycles. The summed E-state index contributed by atoms with van der Waals surface area (Å²) >= 11 is 1.60. The number of thioether (sulfide) groups is 1. The minimum absolute atomic E-state index is 0.250. The average molecular weight is 194 g/mol. The van der Waals surface area contributed by atoms with Crippen molar-refractivity contribution in [2.24, 2.45) is 11.5 Å². The van der Waals surface area contributed by atoms with Gasteiger partial charge in [0, 0.05) is 0 Å². The number of carbonyl (C=O) groups excluding carboxylic acids is 1. The van der Waals surface area contributed by atoms with E-state index in [4.69, 9.17) is 15.6 Å². The van der Waals surface area contributed by atoms with Crippen molar-refractivity contribution in [2.75, 3.05) is 12.0 Å². The summed E-state index contributed by atoms with van der Waals surface area (Å²) in [5.74, 6) is -0.1000. The fourth-order valence-corrected chi connectivity index (χ4v) is 0.858. The van der Waals surface area contributed by atoms with E-state index in [-0.39, 0.29) is 6.41 Å². The fourth-order valence-electron chi connectivity index (χ4n) is 0.368. The molecule has 0 saturated carbocycles. The lowest BCUT2D eigenvalue weighted by molar-refractivity contribution is -0.138. The number of primary amides is 1. The highest BCUT2D eigenvalue weighted by Crippen LogP contribution is 1.97. The molecule has 0 saturated heterocycles. The molecule has 1 atom stereocenters. The Morgan fingerprint density at radius 1 is 1.75 bits per heavy atom. The smallest absolute Gasteiger partial charge is 0.320 e. The summed E-state index contributed by atoms with van der Waals surface area (Å²) in [6.07, 6.45) is 2.73. The summed E-state index contributed by atoms with van der Waals surface area (Å²) in [5.41, 5.74) is 9.36. The lowest BCUT2D eigenvalue weighted by atomic mass is 10.2. The number of hydrogen-bond acceptors (Lipinski definition) is 4. The van der Waals surface area contributed by atoms with Crippen LogP contribution in [0.5, 0.6) is 0 Å². The number of amides is 1. The quantitative estimate of drug-likeness (QED) is 0.511. The molecule has 1 amide bonds. The number of nitrogens with two attached hydrogens (primary N) is 2. The van der Waals surface area contributed by atoms with Crippen LogP contribution in [0, 0.1) is 0 Å². The molecule has 0 aliphatic carbocycles. The van der Waals surface area contributed by atoms with Crippen LogP contribution in [0.15, 0.2) is 0 Å². The molecule has 5 nitrogen and oxygen atoms in total. The molecule has 0 aliphatic rings. The highest BCUT2D eigenvalue weighted by atomic mass is 32.2. The standard InChI is InChI=1S/C5H11NO2S.CH3NO/c1-9-3-2-4(6)5(7)8;2-1-3/h4H,2-3,6H2,1H3,(H,7,8);1H,(H2,2,3)/t4-;/m0./s1. The first-order chi connectivity index (χ1) is 5.59. The predicted octanol–water partition coefficient (Wildman–Crippen LogP) is -0.747. The van der Waals surface area contributed by atoms with Gasteiger partial charge in [0.15, 0.2) is 0 Å². The van der Waals surface area contributed by atoms with Crippen LogP contribution < -0.4 is 11.5 Å². The molecular formula is C6H14N2O3S. The molecule has 0 aliphatic heterocycles. The van der Waals surface area contributed by atoms with Gasteiger partial charge in [-0.25, -0.2) is 0 Å². The second-order valence-electron chi connectivity index (χ2n) is 1.86. The molecule has 0 radical (unpaired) electrons. The number of hydrogen-bond donors (Lipinski definition) is 3. The van der Waals surface area contributed by atoms with Gasteiger partial charge in [0.05, 0.1) is 0 Å². The van der Waals surface area contributed by atoms with Crippen molar-refractivity contribution >= 4 is 24.1 Å². The van der Waals surface area contributed by atoms with E-state index in [1.807, 2.05) is 6.26 Å². The maximum atomic E-state index is 10.1. The van der Waals surface area contributed by atoms with Gasteiger partial charge in [-0.1, -0.05) is 0 Å². The third-order valence-electron chi connectivity index (χ3n) is 0.950. The zero-order valence-corrected chi connectivity index (χ0v) is 7.71. The third-order valence-corrected chi connectivity index (χ3v) is 1.59. The van der Waals surface area contributed by atoms with Crippen molar-refractivity contribution in [3.8, 4) is 0 Å². The highest BCUT2D eigenvalue weighted by Gasteiger charge is 2.08. The van der Waals surface area contributed by atoms with E-state index in [1.165, 1.54) is 0 Å². The lowest BCUT2D eigenvalue weighted by Crippen LogP contribution is -2.30. The van der Waals surface area contributed by atoms with E-state index in [2.05, 4.69) is 5.73 Å². The maximum absolute atomic E-state index is 10.1. The Morgan fingerprint density at radius 2 is 2.17 bits per heavy atom. The Bertz CT molecular complexity index is 132. The van der Waals surface area contributed by atoms with E-state index >= 15 is 0 Å². The van der Waals surface area contributed by atoms with Crippen LogP contribution in [0.3, 0.4) is 0 Å². The number of carboxylic acids is 1. The normalized spacial score (nSPS) is 10.8. The molecule has 6 heteroatoms. The van der Waals surface area contributed by atoms with Crippen LogP contribution >= 0.6 is 11.8 Å². The third kappa shape index (κ3) is 12.0. The topological polar surface area (TPSA) is 106 Å². The Morgan fingerprint density at radius 3 is 2.42 bits per heavy atom. The van der Waals surface area contributed by atoms with Gasteiger partial charge in [-0.2, -0.15) is 11.8 Å². The summed E-state index contributed by atoms with van der Waals surface area (Å²) < 4.78 is 0. The zero-order valence-electron chi connectivity index (χ0n) is 6.90. The molecule has 0 aromatic rings. The van der Waals surface area contributed by atoms with Gasteiger partial charge in [-0.05, 0) is 18.4 Å². The van der Waals surface area contributed by atoms with Crippen molar-refractivity contribution in [2.45, 2.75) is 12.5 Å². The van der Waals surface area contributed by atoms with E-state index in [1.54, 1.807) is 11.8 Å². The van der Waals surface area contributed by atoms with Gasteiger partial charge in [0.1, 0.15) is 6.04 Å². The Labute approximate surface area is 75.5 Å². The van der Waals surface area contributed by atoms with Crippen LogP contribution in [-0.4, -0.2) is 35.5 Å². The van der Waals surface area contributed by atoms with Gasteiger partial charge >= 0.3 is 5.97 Å². The predicted molar refractivity (Wildman–Crippen MR) is 48.9 cm³/mol. The molecule has 72 valence electrons. The van der Waals surface area contributed by atoms with Crippen LogP contribution in [0.4, 0.5) is 0 Å². The van der Waals surface area contributed by atoms with E-state index < -0.39 is 12.0 Å². The molecule has 0 aromatic carbocycles. The number of carbonyl (C=O) groups is 2. The summed E-state index contributed by atoms with van der Waals surface area (Å²) in [5, 5.41) is 8.27. The second-order valence-corrected chi connectivity index (χ2v) is 2.85. The molecule has 5 N–H and O–H groups in total. The molecule has 0 heterocycles.